The number of hydrogen-bond acceptors (Lipinski definition) is 9. The Bertz CT molecular complexity index is 1010. The molecule has 0 aromatic carbocycles. The number of esters is 2. The number of carbonyl (C=O) groups is 3. The first-order valence-corrected chi connectivity index (χ1v) is 24.2. The molecule has 0 aromatic rings. The van der Waals surface area contributed by atoms with Gasteiger partial charge in [0.05, 0.1) is 13.2 Å². The molecule has 0 aliphatic rings. The minimum atomic E-state index is -4.71. The van der Waals surface area contributed by atoms with Crippen molar-refractivity contribution in [3.8, 4) is 0 Å². The van der Waals surface area contributed by atoms with Crippen LogP contribution in [0.15, 0.2) is 12.2 Å². The van der Waals surface area contributed by atoms with E-state index in [-0.39, 0.29) is 19.4 Å². The van der Waals surface area contributed by atoms with Gasteiger partial charge >= 0.3 is 25.7 Å². The third kappa shape index (κ3) is 39.1. The summed E-state index contributed by atoms with van der Waals surface area (Å²) in [6.45, 7) is 2.82. The van der Waals surface area contributed by atoms with Crippen LogP contribution in [0.1, 0.15) is 219 Å². The fourth-order valence-corrected chi connectivity index (χ4v) is 7.19. The van der Waals surface area contributed by atoms with Crippen LogP contribution in [0, 0.1) is 0 Å². The molecule has 0 saturated carbocycles. The predicted octanol–water partition coefficient (Wildman–Crippen LogP) is 12.1. The van der Waals surface area contributed by atoms with E-state index in [0.717, 1.165) is 44.9 Å². The Labute approximate surface area is 341 Å². The lowest BCUT2D eigenvalue weighted by molar-refractivity contribution is -0.161. The number of allylic oxidation sites excluding steroid dienone is 2. The standard InChI is InChI=1S/C44H84NO10P/c1-3-5-7-9-11-13-15-17-19-20-22-24-26-28-30-32-34-36-43(47)55-40(38-53-56(50,51)54-39-41(45)44(48)49)37-52-42(46)35-33-31-29-27-25-23-21-18-16-14-12-10-8-6-4-2/h17,19,40-41H,3-16,18,20-39,45H2,1-2H3,(H,48,49)(H,50,51). The van der Waals surface area contributed by atoms with Crippen LogP contribution < -0.4 is 5.73 Å². The maximum atomic E-state index is 12.6. The van der Waals surface area contributed by atoms with Crippen molar-refractivity contribution in [3.63, 3.8) is 0 Å². The fraction of sp³-hybridized carbons (Fsp3) is 0.886. The summed E-state index contributed by atoms with van der Waals surface area (Å²) in [5.74, 6) is -2.37. The Morgan fingerprint density at radius 2 is 0.893 bits per heavy atom. The molecule has 3 unspecified atom stereocenters. The van der Waals surface area contributed by atoms with Gasteiger partial charge in [-0.25, -0.2) is 4.57 Å². The predicted molar refractivity (Wildman–Crippen MR) is 226 cm³/mol. The third-order valence-electron chi connectivity index (χ3n) is 10.0. The summed E-state index contributed by atoms with van der Waals surface area (Å²) in [5.41, 5.74) is 5.34. The summed E-state index contributed by atoms with van der Waals surface area (Å²) in [7, 11) is -4.71. The summed E-state index contributed by atoms with van der Waals surface area (Å²) >= 11 is 0. The van der Waals surface area contributed by atoms with E-state index in [9.17, 15) is 23.8 Å². The lowest BCUT2D eigenvalue weighted by Gasteiger charge is -2.20. The molecule has 0 amide bonds. The molecule has 0 spiro atoms. The quantitative estimate of drug-likeness (QED) is 0.0231. The number of ether oxygens (including phenoxy) is 2. The number of rotatable bonds is 43. The van der Waals surface area contributed by atoms with Crippen LogP contribution in [0.5, 0.6) is 0 Å². The largest absolute Gasteiger partial charge is 0.480 e. The normalized spacial score (nSPS) is 13.8. The Hall–Kier alpha value is -1.78. The number of carboxylic acids is 1. The van der Waals surface area contributed by atoms with Crippen molar-refractivity contribution in [1.82, 2.24) is 0 Å². The van der Waals surface area contributed by atoms with E-state index < -0.39 is 51.1 Å². The third-order valence-corrected chi connectivity index (χ3v) is 11.0. The fourth-order valence-electron chi connectivity index (χ4n) is 6.41. The molecule has 0 fully saturated rings. The van der Waals surface area contributed by atoms with E-state index in [1.165, 1.54) is 135 Å². The number of carbonyl (C=O) groups excluding carboxylic acids is 2. The minimum Gasteiger partial charge on any atom is -0.480 e. The first-order chi connectivity index (χ1) is 27.1. The Balaban J connectivity index is 4.31. The van der Waals surface area contributed by atoms with Gasteiger partial charge in [0.2, 0.25) is 0 Å². The van der Waals surface area contributed by atoms with Gasteiger partial charge in [-0.15, -0.1) is 0 Å². The average Bonchev–Trinajstić information content (AvgIpc) is 3.17. The Morgan fingerprint density at radius 3 is 1.30 bits per heavy atom. The second kappa shape index (κ2) is 40.0. The second-order valence-electron chi connectivity index (χ2n) is 15.5. The van der Waals surface area contributed by atoms with Gasteiger partial charge < -0.3 is 25.2 Å². The maximum absolute atomic E-state index is 12.6. The van der Waals surface area contributed by atoms with Crippen molar-refractivity contribution in [1.29, 1.82) is 0 Å². The highest BCUT2D eigenvalue weighted by Crippen LogP contribution is 2.43. The molecule has 0 radical (unpaired) electrons. The zero-order valence-electron chi connectivity index (χ0n) is 35.7. The molecule has 330 valence electrons. The van der Waals surface area contributed by atoms with E-state index in [2.05, 4.69) is 30.5 Å². The lowest BCUT2D eigenvalue weighted by Crippen LogP contribution is -2.34. The number of phosphoric ester groups is 1. The monoisotopic (exact) mass is 818 g/mol. The second-order valence-corrected chi connectivity index (χ2v) is 17.0. The molecule has 12 heteroatoms. The smallest absolute Gasteiger partial charge is 0.472 e. The van der Waals surface area contributed by atoms with Gasteiger partial charge in [0.15, 0.2) is 6.10 Å². The number of carboxylic acid groups (broad SMARTS) is 1. The van der Waals surface area contributed by atoms with Gasteiger partial charge in [-0.3, -0.25) is 23.4 Å². The Morgan fingerprint density at radius 1 is 0.536 bits per heavy atom. The van der Waals surface area contributed by atoms with Gasteiger partial charge in [-0.2, -0.15) is 0 Å². The van der Waals surface area contributed by atoms with Crippen molar-refractivity contribution in [2.75, 3.05) is 19.8 Å². The molecule has 0 aliphatic carbocycles. The SMILES string of the molecule is CCCCCCCCC=CCCCCCCCCCC(=O)OC(COC(=O)CCCCCCCCCCCCCCCCC)COP(=O)(O)OCC(N)C(=O)O. The summed E-state index contributed by atoms with van der Waals surface area (Å²) < 4.78 is 32.7. The molecular weight excluding hydrogens is 733 g/mol. The van der Waals surface area contributed by atoms with E-state index in [4.69, 9.17) is 24.8 Å². The lowest BCUT2D eigenvalue weighted by atomic mass is 10.0. The molecule has 0 bridgehead atoms. The van der Waals surface area contributed by atoms with Gasteiger partial charge in [-0.05, 0) is 38.5 Å². The van der Waals surface area contributed by atoms with Crippen LogP contribution in [0.2, 0.25) is 0 Å². The Kier molecular flexibility index (Phi) is 38.7. The van der Waals surface area contributed by atoms with Crippen molar-refractivity contribution in [2.45, 2.75) is 231 Å². The van der Waals surface area contributed by atoms with Gasteiger partial charge in [0.1, 0.15) is 12.6 Å². The van der Waals surface area contributed by atoms with E-state index in [1.54, 1.807) is 0 Å². The van der Waals surface area contributed by atoms with E-state index >= 15 is 0 Å². The number of aliphatic carboxylic acids is 1. The zero-order valence-corrected chi connectivity index (χ0v) is 36.6. The van der Waals surface area contributed by atoms with Crippen LogP contribution in [-0.2, 0) is 37.5 Å². The van der Waals surface area contributed by atoms with Crippen LogP contribution in [0.4, 0.5) is 0 Å². The van der Waals surface area contributed by atoms with Crippen molar-refractivity contribution in [2.24, 2.45) is 5.73 Å². The van der Waals surface area contributed by atoms with Gasteiger partial charge in [-0.1, -0.05) is 180 Å². The molecule has 0 aliphatic heterocycles. The highest BCUT2D eigenvalue weighted by molar-refractivity contribution is 7.47. The van der Waals surface area contributed by atoms with Gasteiger partial charge in [0.25, 0.3) is 0 Å². The molecular formula is C44H84NO10P. The summed E-state index contributed by atoms with van der Waals surface area (Å²) in [6, 6.07) is -1.52. The number of hydrogen-bond donors (Lipinski definition) is 3. The van der Waals surface area contributed by atoms with Crippen molar-refractivity contribution < 1.29 is 47.5 Å². The molecule has 0 heterocycles. The molecule has 3 atom stereocenters. The topological polar surface area (TPSA) is 172 Å². The summed E-state index contributed by atoms with van der Waals surface area (Å²) in [4.78, 5) is 46.0. The van der Waals surface area contributed by atoms with Gasteiger partial charge in [0, 0.05) is 12.8 Å². The summed E-state index contributed by atoms with van der Waals surface area (Å²) in [5, 5.41) is 8.89. The van der Waals surface area contributed by atoms with E-state index in [1.807, 2.05) is 0 Å². The van der Waals surface area contributed by atoms with Crippen molar-refractivity contribution in [3.05, 3.63) is 12.2 Å². The van der Waals surface area contributed by atoms with Crippen LogP contribution in [-0.4, -0.2) is 59.9 Å². The minimum absolute atomic E-state index is 0.160. The zero-order chi connectivity index (χ0) is 41.4. The van der Waals surface area contributed by atoms with Crippen LogP contribution in [0.25, 0.3) is 0 Å². The number of unbranched alkanes of at least 4 members (excludes halogenated alkanes) is 27. The van der Waals surface area contributed by atoms with E-state index in [0.29, 0.717) is 12.8 Å². The first-order valence-electron chi connectivity index (χ1n) is 22.7. The van der Waals surface area contributed by atoms with Crippen LogP contribution >= 0.6 is 7.82 Å². The van der Waals surface area contributed by atoms with Crippen molar-refractivity contribution >= 4 is 25.7 Å². The molecule has 56 heavy (non-hydrogen) atoms. The molecule has 0 aromatic heterocycles. The molecule has 11 nitrogen and oxygen atoms in total. The number of phosphoric acid groups is 1. The average molecular weight is 818 g/mol. The maximum Gasteiger partial charge on any atom is 0.472 e. The summed E-state index contributed by atoms with van der Waals surface area (Å²) in [6.07, 6.45) is 39.8. The molecule has 4 N–H and O–H groups in total. The molecule has 0 rings (SSSR count). The van der Waals surface area contributed by atoms with Crippen LogP contribution in [0.3, 0.4) is 0 Å². The molecule has 0 saturated heterocycles. The highest BCUT2D eigenvalue weighted by atomic mass is 31.2. The number of nitrogens with two attached hydrogens (primary N) is 1. The highest BCUT2D eigenvalue weighted by Gasteiger charge is 2.28. The first kappa shape index (κ1) is 54.2.